The third kappa shape index (κ3) is 59.7. The second-order valence-electron chi connectivity index (χ2n) is 23.2. The van der Waals surface area contributed by atoms with Gasteiger partial charge in [0, 0.05) is 12.8 Å². The van der Waals surface area contributed by atoms with E-state index in [1.807, 2.05) is 0 Å². The Morgan fingerprint density at radius 2 is 0.644 bits per heavy atom. The van der Waals surface area contributed by atoms with Crippen LogP contribution >= 0.6 is 0 Å². The monoisotopic (exact) mass is 1030 g/mol. The Bertz CT molecular complexity index is 1100. The SMILES string of the molecule is CCCCCCCCCCCCCCCCC(=O)OCCCCCCCCCCCCCC/C=C\CCCCCCCCCCCCCCC(=O)NC(CO)C(O)CCCCCCCCCCCCCCCC. The molecule has 0 heterocycles. The number of carbonyl (C=O) groups is 2. The van der Waals surface area contributed by atoms with Crippen molar-refractivity contribution in [3.8, 4) is 0 Å². The Balaban J connectivity index is 3.35. The lowest BCUT2D eigenvalue weighted by atomic mass is 10.0. The molecular weight excluding hydrogens is 899 g/mol. The summed E-state index contributed by atoms with van der Waals surface area (Å²) in [6.07, 6.45) is 76.7. The van der Waals surface area contributed by atoms with Crippen LogP contribution in [0.2, 0.25) is 0 Å². The maximum atomic E-state index is 12.5. The first kappa shape index (κ1) is 71.6. The summed E-state index contributed by atoms with van der Waals surface area (Å²) in [5, 5.41) is 23.3. The smallest absolute Gasteiger partial charge is 0.305 e. The van der Waals surface area contributed by atoms with Gasteiger partial charge in [-0.2, -0.15) is 0 Å². The number of rotatable bonds is 63. The van der Waals surface area contributed by atoms with Gasteiger partial charge in [0.15, 0.2) is 0 Å². The summed E-state index contributed by atoms with van der Waals surface area (Å²) in [5.74, 6) is -0.0135. The lowest BCUT2D eigenvalue weighted by molar-refractivity contribution is -0.143. The molecule has 0 radical (unpaired) electrons. The summed E-state index contributed by atoms with van der Waals surface area (Å²) in [6, 6.07) is -0.540. The Morgan fingerprint density at radius 3 is 0.973 bits per heavy atom. The summed E-state index contributed by atoms with van der Waals surface area (Å²) < 4.78 is 5.49. The molecule has 6 heteroatoms. The number of carbonyl (C=O) groups excluding carboxylic acids is 2. The Labute approximate surface area is 457 Å². The zero-order valence-electron chi connectivity index (χ0n) is 49.6. The van der Waals surface area contributed by atoms with Gasteiger partial charge in [0.2, 0.25) is 5.91 Å². The first-order valence-corrected chi connectivity index (χ1v) is 33.4. The van der Waals surface area contributed by atoms with Gasteiger partial charge in [-0.15, -0.1) is 0 Å². The Kier molecular flexibility index (Phi) is 61.9. The van der Waals surface area contributed by atoms with Crippen LogP contribution in [0.4, 0.5) is 0 Å². The van der Waals surface area contributed by atoms with Crippen LogP contribution in [0.5, 0.6) is 0 Å². The summed E-state index contributed by atoms with van der Waals surface area (Å²) >= 11 is 0. The van der Waals surface area contributed by atoms with Gasteiger partial charge in [0.25, 0.3) is 0 Å². The van der Waals surface area contributed by atoms with Crippen LogP contribution in [0.1, 0.15) is 380 Å². The van der Waals surface area contributed by atoms with Crippen LogP contribution in [0, 0.1) is 0 Å². The Morgan fingerprint density at radius 1 is 0.370 bits per heavy atom. The number of unbranched alkanes of at least 4 members (excludes halogenated alkanes) is 50. The molecule has 0 aliphatic carbocycles. The number of aliphatic hydroxyl groups excluding tert-OH is 2. The van der Waals surface area contributed by atoms with E-state index in [1.165, 1.54) is 308 Å². The second kappa shape index (κ2) is 63.1. The molecule has 2 atom stereocenters. The van der Waals surface area contributed by atoms with Crippen molar-refractivity contribution < 1.29 is 24.5 Å². The zero-order valence-corrected chi connectivity index (χ0v) is 49.6. The molecule has 0 fully saturated rings. The molecule has 0 saturated heterocycles. The fourth-order valence-corrected chi connectivity index (χ4v) is 10.7. The first-order valence-electron chi connectivity index (χ1n) is 33.4. The van der Waals surface area contributed by atoms with Gasteiger partial charge >= 0.3 is 5.97 Å². The number of amides is 1. The molecule has 2 unspecified atom stereocenters. The number of nitrogens with one attached hydrogen (secondary N) is 1. The minimum Gasteiger partial charge on any atom is -0.466 e. The largest absolute Gasteiger partial charge is 0.466 e. The maximum Gasteiger partial charge on any atom is 0.305 e. The maximum absolute atomic E-state index is 12.5. The fourth-order valence-electron chi connectivity index (χ4n) is 10.7. The van der Waals surface area contributed by atoms with Crippen molar-refractivity contribution in [2.45, 2.75) is 392 Å². The predicted molar refractivity (Wildman–Crippen MR) is 320 cm³/mol. The topological polar surface area (TPSA) is 95.9 Å². The molecule has 0 spiro atoms. The van der Waals surface area contributed by atoms with Gasteiger partial charge in [-0.05, 0) is 51.4 Å². The van der Waals surface area contributed by atoms with E-state index in [9.17, 15) is 19.8 Å². The van der Waals surface area contributed by atoms with E-state index in [0.717, 1.165) is 38.5 Å². The Hall–Kier alpha value is -1.40. The third-order valence-corrected chi connectivity index (χ3v) is 15.8. The van der Waals surface area contributed by atoms with Crippen molar-refractivity contribution in [2.75, 3.05) is 13.2 Å². The molecule has 0 aromatic carbocycles. The average Bonchev–Trinajstić information content (AvgIpc) is 3.39. The molecular formula is C67H131NO5. The molecule has 6 nitrogen and oxygen atoms in total. The lowest BCUT2D eigenvalue weighted by Gasteiger charge is -2.22. The number of hydrogen-bond acceptors (Lipinski definition) is 5. The minimum absolute atomic E-state index is 0.0189. The normalized spacial score (nSPS) is 12.5. The second-order valence-corrected chi connectivity index (χ2v) is 23.2. The number of ether oxygens (including phenoxy) is 1. The van der Waals surface area contributed by atoms with Crippen molar-refractivity contribution in [2.24, 2.45) is 0 Å². The highest BCUT2D eigenvalue weighted by molar-refractivity contribution is 5.76. The molecule has 0 aromatic rings. The highest BCUT2D eigenvalue weighted by atomic mass is 16.5. The van der Waals surface area contributed by atoms with Crippen molar-refractivity contribution in [3.05, 3.63) is 12.2 Å². The molecule has 1 amide bonds. The molecule has 0 rings (SSSR count). The summed E-state index contributed by atoms with van der Waals surface area (Å²) in [6.45, 7) is 4.99. The third-order valence-electron chi connectivity index (χ3n) is 15.8. The van der Waals surface area contributed by atoms with E-state index in [1.54, 1.807) is 0 Å². The van der Waals surface area contributed by atoms with Crippen LogP contribution in [0.25, 0.3) is 0 Å². The average molecular weight is 1030 g/mol. The molecule has 0 aromatic heterocycles. The number of allylic oxidation sites excluding steroid dienone is 2. The van der Waals surface area contributed by atoms with E-state index in [0.29, 0.717) is 25.9 Å². The van der Waals surface area contributed by atoms with Gasteiger partial charge in [-0.3, -0.25) is 9.59 Å². The molecule has 0 bridgehead atoms. The van der Waals surface area contributed by atoms with Gasteiger partial charge in [-0.25, -0.2) is 0 Å². The number of hydrogen-bond donors (Lipinski definition) is 3. The van der Waals surface area contributed by atoms with E-state index in [4.69, 9.17) is 4.74 Å². The highest BCUT2D eigenvalue weighted by Gasteiger charge is 2.20. The van der Waals surface area contributed by atoms with Crippen molar-refractivity contribution >= 4 is 11.9 Å². The van der Waals surface area contributed by atoms with Crippen LogP contribution in [-0.2, 0) is 14.3 Å². The van der Waals surface area contributed by atoms with Crippen LogP contribution in [-0.4, -0.2) is 47.4 Å². The van der Waals surface area contributed by atoms with E-state index >= 15 is 0 Å². The highest BCUT2D eigenvalue weighted by Crippen LogP contribution is 2.18. The van der Waals surface area contributed by atoms with Crippen LogP contribution < -0.4 is 5.32 Å². The van der Waals surface area contributed by atoms with Crippen molar-refractivity contribution in [1.82, 2.24) is 5.32 Å². The van der Waals surface area contributed by atoms with Gasteiger partial charge in [-0.1, -0.05) is 328 Å². The van der Waals surface area contributed by atoms with E-state index in [2.05, 4.69) is 31.3 Å². The van der Waals surface area contributed by atoms with Crippen LogP contribution in [0.15, 0.2) is 12.2 Å². The predicted octanol–water partition coefficient (Wildman–Crippen LogP) is 21.2. The number of esters is 1. The van der Waals surface area contributed by atoms with Gasteiger partial charge in [0.05, 0.1) is 25.4 Å². The van der Waals surface area contributed by atoms with Crippen molar-refractivity contribution in [3.63, 3.8) is 0 Å². The first-order chi connectivity index (χ1) is 36.0. The lowest BCUT2D eigenvalue weighted by Crippen LogP contribution is -2.45. The molecule has 0 saturated carbocycles. The molecule has 0 aliphatic rings. The summed E-state index contributed by atoms with van der Waals surface area (Å²) in [4.78, 5) is 24.5. The quantitative estimate of drug-likeness (QED) is 0.0320. The zero-order chi connectivity index (χ0) is 52.9. The fraction of sp³-hybridized carbons (Fsp3) is 0.940. The van der Waals surface area contributed by atoms with Crippen molar-refractivity contribution in [1.29, 1.82) is 0 Å². The molecule has 0 aliphatic heterocycles. The standard InChI is InChI=1S/C67H131NO5/c1-3-5-7-9-11-13-15-17-35-39-43-47-51-55-59-65(70)64(63-69)68-66(71)60-56-52-48-44-40-36-33-31-29-27-25-23-21-19-20-22-24-26-28-30-32-34-38-42-46-50-54-58-62-73-67(72)61-57-53-49-45-41-37-18-16-14-12-10-8-6-4-2/h19-20,64-65,69-70H,3-18,21-63H2,1-2H3,(H,68,71)/b20-19-. The van der Waals surface area contributed by atoms with E-state index < -0.39 is 12.1 Å². The van der Waals surface area contributed by atoms with Crippen LogP contribution in [0.3, 0.4) is 0 Å². The summed E-state index contributed by atoms with van der Waals surface area (Å²) in [7, 11) is 0. The molecule has 73 heavy (non-hydrogen) atoms. The summed E-state index contributed by atoms with van der Waals surface area (Å²) in [5.41, 5.74) is 0. The van der Waals surface area contributed by atoms with Gasteiger partial charge in [0.1, 0.15) is 0 Å². The molecule has 3 N–H and O–H groups in total. The van der Waals surface area contributed by atoms with Gasteiger partial charge < -0.3 is 20.3 Å². The number of aliphatic hydroxyl groups is 2. The minimum atomic E-state index is -0.663. The molecule has 434 valence electrons. The van der Waals surface area contributed by atoms with E-state index in [-0.39, 0.29) is 18.5 Å².